The zero-order chi connectivity index (χ0) is 14.9. The Morgan fingerprint density at radius 1 is 1.27 bits per heavy atom. The summed E-state index contributed by atoms with van der Waals surface area (Å²) in [6.45, 7) is 2.34. The molecule has 4 nitrogen and oxygen atoms in total. The monoisotopic (exact) mass is 316 g/mol. The highest BCUT2D eigenvalue weighted by atomic mass is 32.2. The fraction of sp³-hybridized carbons (Fsp3) is 0.647. The molecule has 0 saturated carbocycles. The van der Waals surface area contributed by atoms with Gasteiger partial charge >= 0.3 is 0 Å². The first-order valence-corrected chi connectivity index (χ1v) is 9.57. The molecule has 0 aromatic carbocycles. The van der Waals surface area contributed by atoms with E-state index in [4.69, 9.17) is 4.98 Å². The summed E-state index contributed by atoms with van der Waals surface area (Å²) >= 11 is 2.08. The summed E-state index contributed by atoms with van der Waals surface area (Å²) in [7, 11) is 2.23. The van der Waals surface area contributed by atoms with Gasteiger partial charge in [-0.2, -0.15) is 11.8 Å². The minimum Gasteiger partial charge on any atom is -0.308 e. The van der Waals surface area contributed by atoms with E-state index in [1.807, 2.05) is 12.3 Å². The van der Waals surface area contributed by atoms with Crippen LogP contribution in [0, 0.1) is 0 Å². The SMILES string of the molecule is CN1CCCC(c2nc3cccnc3n2C2CCCSC2)C1. The zero-order valence-corrected chi connectivity index (χ0v) is 14.1. The van der Waals surface area contributed by atoms with E-state index >= 15 is 0 Å². The largest absolute Gasteiger partial charge is 0.308 e. The number of likely N-dealkylation sites (N-methyl/N-ethyl adjacent to an activating group) is 1. The number of fused-ring (bicyclic) bond motifs is 1. The molecule has 2 unspecified atom stereocenters. The quantitative estimate of drug-likeness (QED) is 0.851. The van der Waals surface area contributed by atoms with Crippen molar-refractivity contribution in [3.63, 3.8) is 0 Å². The fourth-order valence-corrected chi connectivity index (χ4v) is 5.02. The predicted molar refractivity (Wildman–Crippen MR) is 92.6 cm³/mol. The molecular weight excluding hydrogens is 292 g/mol. The van der Waals surface area contributed by atoms with Gasteiger partial charge in [0.25, 0.3) is 0 Å². The van der Waals surface area contributed by atoms with Gasteiger partial charge in [-0.1, -0.05) is 0 Å². The van der Waals surface area contributed by atoms with Crippen molar-refractivity contribution in [3.8, 4) is 0 Å². The number of rotatable bonds is 2. The summed E-state index contributed by atoms with van der Waals surface area (Å²) in [6, 6.07) is 4.69. The average Bonchev–Trinajstić information content (AvgIpc) is 2.95. The average molecular weight is 316 g/mol. The summed E-state index contributed by atoms with van der Waals surface area (Å²) in [5.74, 6) is 4.35. The Morgan fingerprint density at radius 3 is 3.05 bits per heavy atom. The first kappa shape index (κ1) is 14.5. The van der Waals surface area contributed by atoms with Crippen LogP contribution in [-0.2, 0) is 0 Å². The van der Waals surface area contributed by atoms with E-state index < -0.39 is 0 Å². The van der Waals surface area contributed by atoms with Gasteiger partial charge in [-0.15, -0.1) is 0 Å². The Balaban J connectivity index is 1.78. The minimum atomic E-state index is 0.555. The molecule has 2 aliphatic heterocycles. The molecular formula is C17H24N4S. The maximum absolute atomic E-state index is 5.01. The van der Waals surface area contributed by atoms with Crippen molar-refractivity contribution < 1.29 is 0 Å². The van der Waals surface area contributed by atoms with Crippen molar-refractivity contribution >= 4 is 22.9 Å². The number of pyridine rings is 1. The second-order valence-corrected chi connectivity index (χ2v) is 7.81. The van der Waals surface area contributed by atoms with Gasteiger partial charge in [0.2, 0.25) is 0 Å². The Morgan fingerprint density at radius 2 is 2.23 bits per heavy atom. The third-order valence-corrected chi connectivity index (χ3v) is 6.16. The van der Waals surface area contributed by atoms with Crippen LogP contribution in [0.25, 0.3) is 11.2 Å². The maximum atomic E-state index is 5.01. The lowest BCUT2D eigenvalue weighted by Crippen LogP contribution is -2.33. The number of nitrogens with zero attached hydrogens (tertiary/aromatic N) is 4. The molecule has 4 rings (SSSR count). The molecule has 4 heterocycles. The lowest BCUT2D eigenvalue weighted by molar-refractivity contribution is 0.241. The van der Waals surface area contributed by atoms with Crippen LogP contribution in [-0.4, -0.2) is 51.1 Å². The van der Waals surface area contributed by atoms with E-state index in [-0.39, 0.29) is 0 Å². The van der Waals surface area contributed by atoms with Gasteiger partial charge in [-0.3, -0.25) is 0 Å². The van der Waals surface area contributed by atoms with Crippen molar-refractivity contribution in [2.75, 3.05) is 31.6 Å². The molecule has 0 radical (unpaired) electrons. The number of hydrogen-bond acceptors (Lipinski definition) is 4. The molecule has 5 heteroatoms. The standard InChI is InChI=1S/C17H24N4S/c1-20-9-3-5-13(11-20)16-19-15-7-2-8-18-17(15)21(16)14-6-4-10-22-12-14/h2,7-8,13-14H,3-6,9-12H2,1H3. The normalized spacial score (nSPS) is 27.3. The van der Waals surface area contributed by atoms with E-state index in [0.29, 0.717) is 12.0 Å². The van der Waals surface area contributed by atoms with Gasteiger partial charge in [-0.05, 0) is 57.2 Å². The summed E-state index contributed by atoms with van der Waals surface area (Å²) in [5, 5.41) is 0. The third kappa shape index (κ3) is 2.65. The number of piperidine rings is 1. The molecule has 0 spiro atoms. The van der Waals surface area contributed by atoms with Crippen LogP contribution in [0.4, 0.5) is 0 Å². The molecule has 2 fully saturated rings. The molecule has 0 aliphatic carbocycles. The van der Waals surface area contributed by atoms with Gasteiger partial charge in [0, 0.05) is 30.5 Å². The second-order valence-electron chi connectivity index (χ2n) is 6.66. The minimum absolute atomic E-state index is 0.555. The van der Waals surface area contributed by atoms with Crippen LogP contribution >= 0.6 is 11.8 Å². The maximum Gasteiger partial charge on any atom is 0.160 e. The predicted octanol–water partition coefficient (Wildman–Crippen LogP) is 3.31. The van der Waals surface area contributed by atoms with Gasteiger partial charge in [-0.25, -0.2) is 9.97 Å². The number of hydrogen-bond donors (Lipinski definition) is 0. The van der Waals surface area contributed by atoms with Crippen molar-refractivity contribution in [2.24, 2.45) is 0 Å². The van der Waals surface area contributed by atoms with Crippen molar-refractivity contribution in [1.29, 1.82) is 0 Å². The highest BCUT2D eigenvalue weighted by Gasteiger charge is 2.28. The van der Waals surface area contributed by atoms with Crippen LogP contribution in [0.3, 0.4) is 0 Å². The molecule has 22 heavy (non-hydrogen) atoms. The Hall–Kier alpha value is -1.07. The van der Waals surface area contributed by atoms with Crippen molar-refractivity contribution in [1.82, 2.24) is 19.4 Å². The van der Waals surface area contributed by atoms with Crippen molar-refractivity contribution in [3.05, 3.63) is 24.2 Å². The lowest BCUT2D eigenvalue weighted by atomic mass is 9.97. The summed E-state index contributed by atoms with van der Waals surface area (Å²) in [6.07, 6.45) is 7.02. The molecule has 0 bridgehead atoms. The Labute approximate surface area is 136 Å². The number of thioether (sulfide) groups is 1. The van der Waals surface area contributed by atoms with Gasteiger partial charge in [0.15, 0.2) is 5.65 Å². The summed E-state index contributed by atoms with van der Waals surface area (Å²) in [5.41, 5.74) is 2.17. The second kappa shape index (κ2) is 6.20. The zero-order valence-electron chi connectivity index (χ0n) is 13.2. The molecule has 0 amide bonds. The molecule has 2 aliphatic rings. The molecule has 2 atom stereocenters. The Kier molecular flexibility index (Phi) is 4.09. The van der Waals surface area contributed by atoms with Crippen molar-refractivity contribution in [2.45, 2.75) is 37.6 Å². The van der Waals surface area contributed by atoms with Gasteiger partial charge in [0.05, 0.1) is 0 Å². The molecule has 0 N–H and O–H groups in total. The van der Waals surface area contributed by atoms with E-state index in [1.165, 1.54) is 49.6 Å². The Bertz CT molecular complexity index is 647. The fourth-order valence-electron chi connectivity index (χ4n) is 3.90. The van der Waals surface area contributed by atoms with E-state index in [9.17, 15) is 0 Å². The first-order valence-electron chi connectivity index (χ1n) is 8.42. The summed E-state index contributed by atoms with van der Waals surface area (Å²) < 4.78 is 2.49. The molecule has 2 aromatic heterocycles. The highest BCUT2D eigenvalue weighted by Crippen LogP contribution is 2.35. The molecule has 2 aromatic rings. The van der Waals surface area contributed by atoms with Crippen LogP contribution in [0.1, 0.15) is 43.5 Å². The summed E-state index contributed by atoms with van der Waals surface area (Å²) in [4.78, 5) is 12.1. The number of likely N-dealkylation sites (tertiary alicyclic amines) is 1. The van der Waals surface area contributed by atoms with E-state index in [0.717, 1.165) is 17.7 Å². The smallest absolute Gasteiger partial charge is 0.160 e. The third-order valence-electron chi connectivity index (χ3n) is 4.97. The molecule has 2 saturated heterocycles. The van der Waals surface area contributed by atoms with Crippen LogP contribution in [0.15, 0.2) is 18.3 Å². The van der Waals surface area contributed by atoms with E-state index in [1.54, 1.807) is 0 Å². The lowest BCUT2D eigenvalue weighted by Gasteiger charge is -2.32. The van der Waals surface area contributed by atoms with E-state index in [2.05, 4.69) is 39.3 Å². The van der Waals surface area contributed by atoms with Crippen LogP contribution < -0.4 is 0 Å². The van der Waals surface area contributed by atoms with Crippen LogP contribution in [0.5, 0.6) is 0 Å². The molecule has 118 valence electrons. The van der Waals surface area contributed by atoms with Gasteiger partial charge < -0.3 is 9.47 Å². The first-order chi connectivity index (χ1) is 10.8. The number of aromatic nitrogens is 3. The highest BCUT2D eigenvalue weighted by molar-refractivity contribution is 7.99. The van der Waals surface area contributed by atoms with Crippen LogP contribution in [0.2, 0.25) is 0 Å². The van der Waals surface area contributed by atoms with Gasteiger partial charge in [0.1, 0.15) is 11.3 Å². The number of imidazole rings is 1. The topological polar surface area (TPSA) is 34.0 Å².